The molecule has 1 aliphatic heterocycles. The Balaban J connectivity index is 0.00000242. The molecule has 6 heteroatoms. The minimum absolute atomic E-state index is 0. The van der Waals surface area contributed by atoms with Gasteiger partial charge in [-0.05, 0) is 37.2 Å². The van der Waals surface area contributed by atoms with Crippen molar-refractivity contribution in [2.75, 3.05) is 19.6 Å². The molecule has 0 aliphatic carbocycles. The highest BCUT2D eigenvalue weighted by Gasteiger charge is 2.10. The van der Waals surface area contributed by atoms with Crippen LogP contribution in [0.25, 0.3) is 0 Å². The molecule has 1 amide bonds. The molecule has 0 saturated carbocycles. The van der Waals surface area contributed by atoms with Crippen LogP contribution >= 0.6 is 24.0 Å². The Morgan fingerprint density at radius 2 is 1.91 bits per heavy atom. The Labute approximate surface area is 141 Å². The van der Waals surface area contributed by atoms with E-state index in [1.807, 2.05) is 0 Å². The molecule has 1 aliphatic rings. The quantitative estimate of drug-likeness (QED) is 0.617. The number of carbonyl (C=O) groups excluding carboxylic acids is 2. The van der Waals surface area contributed by atoms with Gasteiger partial charge < -0.3 is 10.6 Å². The molecular weight excluding hydrogens is 323 g/mol. The van der Waals surface area contributed by atoms with Crippen molar-refractivity contribution in [3.63, 3.8) is 0 Å². The summed E-state index contributed by atoms with van der Waals surface area (Å²) < 4.78 is 0. The number of hydrogen-bond acceptors (Lipinski definition) is 3. The Morgan fingerprint density at radius 3 is 2.55 bits per heavy atom. The van der Waals surface area contributed by atoms with Crippen LogP contribution in [0.15, 0.2) is 35.9 Å². The zero-order chi connectivity index (χ0) is 15.1. The molecule has 2 N–H and O–H groups in total. The van der Waals surface area contributed by atoms with E-state index in [-0.39, 0.29) is 36.9 Å². The molecule has 0 saturated heterocycles. The standard InChI is InChI=1S/C16H19ClN2O2.ClH/c17-14-3-1-13(2-4-14)15(20)5-6-16(21)19-11-12-7-9-18-10-8-12;/h1-4,7,18H,5-6,8-11H2,(H,19,21);1H. The summed E-state index contributed by atoms with van der Waals surface area (Å²) in [7, 11) is 0. The number of benzene rings is 1. The fourth-order valence-corrected chi connectivity index (χ4v) is 2.26. The summed E-state index contributed by atoms with van der Waals surface area (Å²) in [6, 6.07) is 6.72. The Kier molecular flexibility index (Phi) is 8.17. The summed E-state index contributed by atoms with van der Waals surface area (Å²) >= 11 is 5.77. The maximum atomic E-state index is 11.9. The highest BCUT2D eigenvalue weighted by Crippen LogP contribution is 2.12. The first-order chi connectivity index (χ1) is 10.1. The maximum absolute atomic E-state index is 11.9. The van der Waals surface area contributed by atoms with Crippen LogP contribution in [0.5, 0.6) is 0 Å². The zero-order valence-corrected chi connectivity index (χ0v) is 13.8. The van der Waals surface area contributed by atoms with E-state index in [0.717, 1.165) is 19.5 Å². The first kappa shape index (κ1) is 18.7. The van der Waals surface area contributed by atoms with Crippen LogP contribution in [0.3, 0.4) is 0 Å². The van der Waals surface area contributed by atoms with Gasteiger partial charge in [0.25, 0.3) is 0 Å². The third-order valence-corrected chi connectivity index (χ3v) is 3.67. The lowest BCUT2D eigenvalue weighted by Gasteiger charge is -2.14. The predicted octanol–water partition coefficient (Wildman–Crippen LogP) is 2.76. The Bertz CT molecular complexity index is 542. The molecule has 4 nitrogen and oxygen atoms in total. The zero-order valence-electron chi connectivity index (χ0n) is 12.2. The summed E-state index contributed by atoms with van der Waals surface area (Å²) in [5.41, 5.74) is 1.83. The SMILES string of the molecule is Cl.O=C(CCC(=O)c1ccc(Cl)cc1)NCC1=CCNCC1. The van der Waals surface area contributed by atoms with Gasteiger partial charge in [-0.3, -0.25) is 9.59 Å². The third-order valence-electron chi connectivity index (χ3n) is 3.42. The van der Waals surface area contributed by atoms with Crippen LogP contribution in [-0.2, 0) is 4.79 Å². The van der Waals surface area contributed by atoms with Gasteiger partial charge in [0.15, 0.2) is 5.78 Å². The molecule has 1 aromatic carbocycles. The first-order valence-corrected chi connectivity index (χ1v) is 7.47. The maximum Gasteiger partial charge on any atom is 0.220 e. The molecule has 1 aromatic rings. The molecule has 0 radical (unpaired) electrons. The van der Waals surface area contributed by atoms with Gasteiger partial charge in [0.2, 0.25) is 5.91 Å². The van der Waals surface area contributed by atoms with Gasteiger partial charge in [0.1, 0.15) is 0 Å². The molecule has 22 heavy (non-hydrogen) atoms. The van der Waals surface area contributed by atoms with Crippen molar-refractivity contribution in [2.24, 2.45) is 0 Å². The summed E-state index contributed by atoms with van der Waals surface area (Å²) in [4.78, 5) is 23.7. The molecule has 0 aromatic heterocycles. The van der Waals surface area contributed by atoms with Crippen LogP contribution in [-0.4, -0.2) is 31.3 Å². The third kappa shape index (κ3) is 6.18. The van der Waals surface area contributed by atoms with E-state index in [9.17, 15) is 9.59 Å². The van der Waals surface area contributed by atoms with E-state index in [1.165, 1.54) is 5.57 Å². The Hall–Kier alpha value is -1.36. The van der Waals surface area contributed by atoms with Gasteiger partial charge in [0.05, 0.1) is 0 Å². The van der Waals surface area contributed by atoms with Crippen LogP contribution in [0.1, 0.15) is 29.6 Å². The average molecular weight is 343 g/mol. The van der Waals surface area contributed by atoms with E-state index in [4.69, 9.17) is 11.6 Å². The second-order valence-corrected chi connectivity index (χ2v) is 5.46. The number of ketones is 1. The van der Waals surface area contributed by atoms with Crippen molar-refractivity contribution >= 4 is 35.7 Å². The van der Waals surface area contributed by atoms with E-state index < -0.39 is 0 Å². The largest absolute Gasteiger partial charge is 0.352 e. The van der Waals surface area contributed by atoms with Gasteiger partial charge in [-0.25, -0.2) is 0 Å². The van der Waals surface area contributed by atoms with Gasteiger partial charge in [-0.1, -0.05) is 23.3 Å². The molecule has 0 spiro atoms. The van der Waals surface area contributed by atoms with Crippen molar-refractivity contribution in [3.05, 3.63) is 46.5 Å². The summed E-state index contributed by atoms with van der Waals surface area (Å²) in [6.07, 6.45) is 3.49. The number of carbonyl (C=O) groups is 2. The second-order valence-electron chi connectivity index (χ2n) is 5.02. The van der Waals surface area contributed by atoms with E-state index in [0.29, 0.717) is 17.1 Å². The molecular formula is C16H20Cl2N2O2. The fourth-order valence-electron chi connectivity index (χ4n) is 2.14. The number of halogens is 2. The molecule has 120 valence electrons. The van der Waals surface area contributed by atoms with Crippen LogP contribution in [0, 0.1) is 0 Å². The lowest BCUT2D eigenvalue weighted by molar-refractivity contribution is -0.120. The summed E-state index contributed by atoms with van der Waals surface area (Å²) in [6.45, 7) is 2.40. The number of amides is 1. The molecule has 2 rings (SSSR count). The number of Topliss-reactive ketones (excluding diaryl/α,β-unsaturated/α-hetero) is 1. The van der Waals surface area contributed by atoms with Crippen LogP contribution in [0.2, 0.25) is 5.02 Å². The fraction of sp³-hybridized carbons (Fsp3) is 0.375. The molecule has 1 heterocycles. The van der Waals surface area contributed by atoms with E-state index >= 15 is 0 Å². The predicted molar refractivity (Wildman–Crippen MR) is 90.8 cm³/mol. The molecule has 0 unspecified atom stereocenters. The highest BCUT2D eigenvalue weighted by atomic mass is 35.5. The van der Waals surface area contributed by atoms with E-state index in [2.05, 4.69) is 16.7 Å². The van der Waals surface area contributed by atoms with Gasteiger partial charge >= 0.3 is 0 Å². The smallest absolute Gasteiger partial charge is 0.220 e. The Morgan fingerprint density at radius 1 is 1.18 bits per heavy atom. The number of hydrogen-bond donors (Lipinski definition) is 2. The summed E-state index contributed by atoms with van der Waals surface area (Å²) in [5.74, 6) is -0.125. The van der Waals surface area contributed by atoms with Crippen LogP contribution in [0.4, 0.5) is 0 Å². The number of nitrogens with one attached hydrogen (secondary N) is 2. The lowest BCUT2D eigenvalue weighted by atomic mass is 10.1. The summed E-state index contributed by atoms with van der Waals surface area (Å²) in [5, 5.41) is 6.68. The van der Waals surface area contributed by atoms with Crippen LogP contribution < -0.4 is 10.6 Å². The lowest BCUT2D eigenvalue weighted by Crippen LogP contribution is -2.29. The molecule has 0 atom stereocenters. The van der Waals surface area contributed by atoms with Crippen molar-refractivity contribution in [3.8, 4) is 0 Å². The van der Waals surface area contributed by atoms with Crippen molar-refractivity contribution < 1.29 is 9.59 Å². The van der Waals surface area contributed by atoms with Gasteiger partial charge in [0, 0.05) is 36.5 Å². The topological polar surface area (TPSA) is 58.2 Å². The van der Waals surface area contributed by atoms with E-state index in [1.54, 1.807) is 24.3 Å². The number of rotatable bonds is 6. The minimum Gasteiger partial charge on any atom is -0.352 e. The second kappa shape index (κ2) is 9.62. The monoisotopic (exact) mass is 342 g/mol. The average Bonchev–Trinajstić information content (AvgIpc) is 2.52. The molecule has 0 bridgehead atoms. The normalized spacial score (nSPS) is 13.8. The van der Waals surface area contributed by atoms with Gasteiger partial charge in [-0.2, -0.15) is 0 Å². The van der Waals surface area contributed by atoms with Gasteiger partial charge in [-0.15, -0.1) is 12.4 Å². The van der Waals surface area contributed by atoms with Crippen molar-refractivity contribution in [1.29, 1.82) is 0 Å². The first-order valence-electron chi connectivity index (χ1n) is 7.09. The van der Waals surface area contributed by atoms with Crippen molar-refractivity contribution in [2.45, 2.75) is 19.3 Å². The van der Waals surface area contributed by atoms with Crippen molar-refractivity contribution in [1.82, 2.24) is 10.6 Å². The molecule has 0 fully saturated rings. The minimum atomic E-state index is -0.0863. The highest BCUT2D eigenvalue weighted by molar-refractivity contribution is 6.30.